The molecule has 104 heavy (non-hydrogen) atoms. The van der Waals surface area contributed by atoms with Crippen molar-refractivity contribution in [2.45, 2.75) is 279 Å². The second-order valence-corrected chi connectivity index (χ2v) is 36.5. The Hall–Kier alpha value is -6.35. The summed E-state index contributed by atoms with van der Waals surface area (Å²) in [6.45, 7) is 49.3. The summed E-state index contributed by atoms with van der Waals surface area (Å²) >= 11 is 0. The highest BCUT2D eigenvalue weighted by molar-refractivity contribution is 6.02. The van der Waals surface area contributed by atoms with Crippen molar-refractivity contribution in [3.8, 4) is 0 Å². The monoisotopic (exact) mass is 1430 g/mol. The summed E-state index contributed by atoms with van der Waals surface area (Å²) in [5.74, 6) is 1.25. The van der Waals surface area contributed by atoms with E-state index in [4.69, 9.17) is 4.74 Å². The predicted molar refractivity (Wildman–Crippen MR) is 433 cm³/mol. The highest BCUT2D eigenvalue weighted by Gasteiger charge is 2.49. The molecule has 4 spiro atoms. The molecule has 4 fully saturated rings. The van der Waals surface area contributed by atoms with Gasteiger partial charge in [0.15, 0.2) is 5.78 Å². The molecule has 578 valence electrons. The fourth-order valence-electron chi connectivity index (χ4n) is 18.4. The third-order valence-electron chi connectivity index (χ3n) is 24.8. The van der Waals surface area contributed by atoms with Crippen LogP contribution in [0.25, 0.3) is 0 Å². The van der Waals surface area contributed by atoms with Gasteiger partial charge in [-0.2, -0.15) is 0 Å². The molecule has 4 aromatic rings. The molecule has 4 aromatic carbocycles. The van der Waals surface area contributed by atoms with E-state index in [-0.39, 0.29) is 68.0 Å². The maximum absolute atomic E-state index is 12.7. The van der Waals surface area contributed by atoms with E-state index < -0.39 is 5.60 Å². The number of amides is 5. The summed E-state index contributed by atoms with van der Waals surface area (Å²) in [5.41, 5.74) is 14.3. The van der Waals surface area contributed by atoms with Gasteiger partial charge in [0.2, 0.25) is 11.8 Å². The number of ketones is 1. The first-order valence-corrected chi connectivity index (χ1v) is 40.5. The van der Waals surface area contributed by atoms with E-state index in [0.717, 1.165) is 95.4 Å². The zero-order valence-electron chi connectivity index (χ0n) is 67.7. The molecule has 5 amide bonds. The first-order valence-electron chi connectivity index (χ1n) is 40.5. The highest BCUT2D eigenvalue weighted by Crippen LogP contribution is 2.54. The van der Waals surface area contributed by atoms with Crippen molar-refractivity contribution in [3.63, 3.8) is 0 Å². The number of nitrogens with one attached hydrogen (secondary N) is 3. The van der Waals surface area contributed by atoms with E-state index >= 15 is 0 Å². The van der Waals surface area contributed by atoms with Gasteiger partial charge in [0, 0.05) is 72.5 Å². The van der Waals surface area contributed by atoms with E-state index in [1.807, 2.05) is 50.5 Å². The molecule has 8 aliphatic rings. The van der Waals surface area contributed by atoms with E-state index in [9.17, 15) is 24.0 Å². The highest BCUT2D eigenvalue weighted by atomic mass is 16.6. The van der Waals surface area contributed by atoms with Crippen LogP contribution in [-0.4, -0.2) is 145 Å². The van der Waals surface area contributed by atoms with Crippen LogP contribution in [0.3, 0.4) is 0 Å². The second-order valence-electron chi connectivity index (χ2n) is 36.5. The number of Topliss-reactive ketones (excluding diaryl/α,β-unsaturated/α-hetero) is 1. The molecular formula is C90H142N8O6. The quantitative estimate of drug-likeness (QED) is 0.0990. The number of fused-ring (bicyclic) bond motifs is 8. The smallest absolute Gasteiger partial charge is 0.410 e. The summed E-state index contributed by atoms with van der Waals surface area (Å²) in [7, 11) is 0. The maximum Gasteiger partial charge on any atom is 0.410 e. The minimum Gasteiger partial charge on any atom is -0.444 e. The molecular weight excluding hydrogens is 1290 g/mol. The van der Waals surface area contributed by atoms with Gasteiger partial charge >= 0.3 is 12.1 Å². The number of likely N-dealkylation sites (tertiary alicyclic amines) is 4. The number of aryl methyl sites for hydroxylation is 1. The maximum atomic E-state index is 12.7. The summed E-state index contributed by atoms with van der Waals surface area (Å²) < 4.78 is 5.52. The summed E-state index contributed by atoms with van der Waals surface area (Å²) in [5, 5.41) is 9.62. The number of ether oxygens (including phenoxy) is 1. The number of hydrogen-bond acceptors (Lipinski definition) is 9. The zero-order valence-corrected chi connectivity index (χ0v) is 67.7. The minimum absolute atomic E-state index is 0. The lowest BCUT2D eigenvalue weighted by Gasteiger charge is -2.47. The lowest BCUT2D eigenvalue weighted by Crippen LogP contribution is -2.49. The normalized spacial score (nSPS) is 21.7. The van der Waals surface area contributed by atoms with Crippen molar-refractivity contribution >= 4 is 29.7 Å². The Labute approximate surface area is 633 Å². The molecule has 1 unspecified atom stereocenters. The summed E-state index contributed by atoms with van der Waals surface area (Å²) in [4.78, 5) is 72.3. The fraction of sp³-hybridized carbons (Fsp3) is 0.656. The SMILES string of the molecule is CC(=O)N[C@@H]1CCC2(CCN(C(=O)OC(C)(C)C)CC2)c2ccccc21.CC(=O)N[C@H]1CC2(CCN(CCC(C)CCC=C(C)C)CC2)c2ccccc21.CCN(CC)C(=O)N[C@H]1CC2(CCN(CCC(C)(C)C)CC2)c2ccccc21.Cc1ccc2c(c1)C(=O)CC21CCN(CCC(C)(C)C)CC1.[HH].[HH].[HH]. The van der Waals surface area contributed by atoms with Crippen molar-refractivity contribution in [1.29, 1.82) is 0 Å². The number of benzene rings is 4. The Morgan fingerprint density at radius 2 is 0.981 bits per heavy atom. The lowest BCUT2D eigenvalue weighted by atomic mass is 9.63. The average molecular weight is 1430 g/mol. The molecule has 4 aliphatic heterocycles. The van der Waals surface area contributed by atoms with Crippen molar-refractivity contribution in [2.24, 2.45) is 16.7 Å². The number of carbonyl (C=O) groups excluding carboxylic acids is 5. The third kappa shape index (κ3) is 21.3. The Kier molecular flexibility index (Phi) is 27.6. The number of carbonyl (C=O) groups is 5. The summed E-state index contributed by atoms with van der Waals surface area (Å²) in [6, 6.07) is 33.1. The van der Waals surface area contributed by atoms with E-state index in [2.05, 4.69) is 191 Å². The Morgan fingerprint density at radius 1 is 0.548 bits per heavy atom. The van der Waals surface area contributed by atoms with Gasteiger partial charge < -0.3 is 45.2 Å². The molecule has 0 radical (unpaired) electrons. The molecule has 0 aromatic heterocycles. The van der Waals surface area contributed by atoms with Crippen LogP contribution in [-0.2, 0) is 36.0 Å². The topological polar surface area (TPSA) is 147 Å². The van der Waals surface area contributed by atoms with Crippen molar-refractivity contribution in [1.82, 2.24) is 40.4 Å². The molecule has 14 nitrogen and oxygen atoms in total. The van der Waals surface area contributed by atoms with Gasteiger partial charge in [0.1, 0.15) is 5.60 Å². The van der Waals surface area contributed by atoms with Crippen LogP contribution in [0.4, 0.5) is 9.59 Å². The number of allylic oxidation sites excluding steroid dienone is 2. The van der Waals surface area contributed by atoms with E-state index in [0.29, 0.717) is 29.7 Å². The van der Waals surface area contributed by atoms with Crippen LogP contribution in [0.5, 0.6) is 0 Å². The Morgan fingerprint density at radius 3 is 1.44 bits per heavy atom. The van der Waals surface area contributed by atoms with E-state index in [1.165, 1.54) is 154 Å². The second kappa shape index (κ2) is 35.1. The fourth-order valence-corrected chi connectivity index (χ4v) is 18.4. The van der Waals surface area contributed by atoms with Crippen LogP contribution in [0.2, 0.25) is 0 Å². The number of urea groups is 1. The standard InChI is InChI=1S/C25H38N2O.C24H39N3O.C21H30N2O3.C20H29NO.3H2/c1-19(2)8-7-9-20(3)12-15-27-16-13-25(14-17-27)18-24(26-21(4)28)22-10-5-6-11-23(22)25;1-6-27(7-2)22(28)25-21-18-24(20-11-9-8-10-19(20)21)13-16-26(17-14-24)15-12-23(3,4)5;1-15(24)22-18-9-10-21(17-8-6-5-7-16(17)18)11-13-23(14-12-21)19(25)26-20(2,3)4;1-15-5-6-17-16(13-15)18(22)14-20(17)8-11-21(12-9-20)10-7-19(2,3)4;;;/h5-6,8,10-11,20,24H,7,9,12-18H2,1-4H3,(H,26,28);8-11,21H,6-7,12-18H2,1-5H3,(H,25,28);5-8,18H,9-14H2,1-4H3,(H,22,24);5-6,13H,7-12,14H2,1-4H3;3*1H/t20?,24-;21-;18-;;;;/m001..../s1. The molecule has 4 heterocycles. The molecule has 0 bridgehead atoms. The molecule has 4 atom stereocenters. The van der Waals surface area contributed by atoms with Crippen LogP contribution in [0.15, 0.2) is 103 Å². The predicted octanol–water partition coefficient (Wildman–Crippen LogP) is 19.3. The third-order valence-corrected chi connectivity index (χ3v) is 24.8. The average Bonchev–Trinajstić information content (AvgIpc) is 1.60. The van der Waals surface area contributed by atoms with E-state index in [1.54, 1.807) is 13.8 Å². The van der Waals surface area contributed by atoms with Crippen molar-refractivity contribution in [2.75, 3.05) is 85.1 Å². The van der Waals surface area contributed by atoms with Gasteiger partial charge in [0.05, 0.1) is 18.1 Å². The Bertz CT molecular complexity index is 3570. The van der Waals surface area contributed by atoms with Gasteiger partial charge in [-0.05, 0) is 291 Å². The van der Waals surface area contributed by atoms with Crippen LogP contribution < -0.4 is 16.0 Å². The minimum atomic E-state index is -0.463. The first kappa shape index (κ1) is 81.7. The van der Waals surface area contributed by atoms with Crippen molar-refractivity contribution < 1.29 is 33.0 Å². The molecule has 14 heteroatoms. The van der Waals surface area contributed by atoms with Crippen LogP contribution in [0.1, 0.15) is 304 Å². The van der Waals surface area contributed by atoms with Gasteiger partial charge in [-0.25, -0.2) is 9.59 Å². The molecule has 3 N–H and O–H groups in total. The number of nitrogens with zero attached hydrogens (tertiary/aromatic N) is 5. The van der Waals surface area contributed by atoms with Gasteiger partial charge in [-0.3, -0.25) is 14.4 Å². The lowest BCUT2D eigenvalue weighted by molar-refractivity contribution is -0.120. The van der Waals surface area contributed by atoms with Crippen LogP contribution in [0, 0.1) is 23.7 Å². The van der Waals surface area contributed by atoms with Gasteiger partial charge in [-0.15, -0.1) is 0 Å². The zero-order chi connectivity index (χ0) is 75.4. The van der Waals surface area contributed by atoms with Gasteiger partial charge in [-0.1, -0.05) is 151 Å². The number of rotatable bonds is 15. The van der Waals surface area contributed by atoms with Gasteiger partial charge in [0.25, 0.3) is 0 Å². The molecule has 12 rings (SSSR count). The number of piperidine rings is 4. The largest absolute Gasteiger partial charge is 0.444 e. The number of hydrogen-bond donors (Lipinski definition) is 3. The van der Waals surface area contributed by atoms with Crippen molar-refractivity contribution in [3.05, 3.63) is 153 Å². The van der Waals surface area contributed by atoms with Crippen LogP contribution >= 0.6 is 0 Å². The first-order chi connectivity index (χ1) is 49.2. The molecule has 4 saturated heterocycles. The summed E-state index contributed by atoms with van der Waals surface area (Å²) in [6.07, 6.45) is 22.3. The molecule has 0 saturated carbocycles. The molecule has 4 aliphatic carbocycles. The Balaban J connectivity index is 0.000000222.